The molecule has 3 heteroatoms. The lowest BCUT2D eigenvalue weighted by Crippen LogP contribution is -2.27. The Morgan fingerprint density at radius 2 is 2.12 bits per heavy atom. The molecule has 0 spiro atoms. The lowest BCUT2D eigenvalue weighted by molar-refractivity contribution is -0.176. The van der Waals surface area contributed by atoms with Crippen LogP contribution in [-0.4, -0.2) is 18.9 Å². The standard InChI is InChI=1S/C14H22O3/c1-10(2)13(15)17-11(3)16-9-14-6-4-12(8-14)5-7-14/h11-12H,1,4-9H2,2-3H3. The van der Waals surface area contributed by atoms with Crippen molar-refractivity contribution >= 4 is 5.97 Å². The lowest BCUT2D eigenvalue weighted by Gasteiger charge is -2.27. The summed E-state index contributed by atoms with van der Waals surface area (Å²) in [7, 11) is 0. The van der Waals surface area contributed by atoms with Gasteiger partial charge in [0.15, 0.2) is 6.29 Å². The molecule has 0 aliphatic heterocycles. The van der Waals surface area contributed by atoms with Crippen LogP contribution < -0.4 is 0 Å². The number of carbonyl (C=O) groups is 1. The first-order chi connectivity index (χ1) is 8.01. The summed E-state index contributed by atoms with van der Waals surface area (Å²) in [6.45, 7) is 7.70. The minimum Gasteiger partial charge on any atom is -0.433 e. The average molecular weight is 238 g/mol. The third kappa shape index (κ3) is 2.89. The lowest BCUT2D eigenvalue weighted by atomic mass is 9.85. The maximum atomic E-state index is 11.3. The van der Waals surface area contributed by atoms with E-state index in [1.807, 2.05) is 0 Å². The van der Waals surface area contributed by atoms with E-state index in [-0.39, 0.29) is 5.97 Å². The van der Waals surface area contributed by atoms with Crippen LogP contribution in [0.25, 0.3) is 0 Å². The second-order valence-corrected chi connectivity index (χ2v) is 5.71. The van der Waals surface area contributed by atoms with Gasteiger partial charge in [-0.1, -0.05) is 6.58 Å². The maximum Gasteiger partial charge on any atom is 0.335 e. The van der Waals surface area contributed by atoms with E-state index in [1.54, 1.807) is 13.8 Å². The van der Waals surface area contributed by atoms with Crippen molar-refractivity contribution in [3.8, 4) is 0 Å². The Hall–Kier alpha value is -0.830. The summed E-state index contributed by atoms with van der Waals surface area (Å²) >= 11 is 0. The zero-order chi connectivity index (χ0) is 12.5. The number of hydrogen-bond acceptors (Lipinski definition) is 3. The molecule has 96 valence electrons. The van der Waals surface area contributed by atoms with Crippen LogP contribution in [0.15, 0.2) is 12.2 Å². The van der Waals surface area contributed by atoms with Crippen LogP contribution >= 0.6 is 0 Å². The fourth-order valence-electron chi connectivity index (χ4n) is 3.09. The van der Waals surface area contributed by atoms with Crippen molar-refractivity contribution in [1.29, 1.82) is 0 Å². The summed E-state index contributed by atoms with van der Waals surface area (Å²) in [5.74, 6) is 0.553. The molecule has 17 heavy (non-hydrogen) atoms. The van der Waals surface area contributed by atoms with Crippen LogP contribution in [-0.2, 0) is 14.3 Å². The molecule has 0 amide bonds. The van der Waals surface area contributed by atoms with E-state index in [0.29, 0.717) is 11.0 Å². The molecule has 2 rings (SSSR count). The van der Waals surface area contributed by atoms with E-state index >= 15 is 0 Å². The van der Waals surface area contributed by atoms with Crippen molar-refractivity contribution in [1.82, 2.24) is 0 Å². The summed E-state index contributed by atoms with van der Waals surface area (Å²) in [6, 6.07) is 0. The summed E-state index contributed by atoms with van der Waals surface area (Å²) in [5, 5.41) is 0. The zero-order valence-electron chi connectivity index (χ0n) is 10.8. The Bertz CT molecular complexity index is 313. The fourth-order valence-corrected chi connectivity index (χ4v) is 3.09. The molecule has 3 nitrogen and oxygen atoms in total. The van der Waals surface area contributed by atoms with Crippen molar-refractivity contribution in [3.05, 3.63) is 12.2 Å². The second-order valence-electron chi connectivity index (χ2n) is 5.71. The van der Waals surface area contributed by atoms with Gasteiger partial charge in [0.05, 0.1) is 6.61 Å². The first-order valence-corrected chi connectivity index (χ1v) is 6.49. The van der Waals surface area contributed by atoms with E-state index in [4.69, 9.17) is 9.47 Å². The monoisotopic (exact) mass is 238 g/mol. The number of ether oxygens (including phenoxy) is 2. The average Bonchev–Trinajstić information content (AvgIpc) is 2.87. The molecule has 0 aromatic carbocycles. The van der Waals surface area contributed by atoms with Crippen LogP contribution in [0.2, 0.25) is 0 Å². The highest BCUT2D eigenvalue weighted by Gasteiger charge is 2.45. The van der Waals surface area contributed by atoms with Gasteiger partial charge < -0.3 is 9.47 Å². The highest BCUT2D eigenvalue weighted by atomic mass is 16.7. The van der Waals surface area contributed by atoms with Crippen LogP contribution in [0.5, 0.6) is 0 Å². The van der Waals surface area contributed by atoms with Crippen molar-refractivity contribution in [2.24, 2.45) is 11.3 Å². The van der Waals surface area contributed by atoms with E-state index in [9.17, 15) is 4.79 Å². The molecule has 0 N–H and O–H groups in total. The van der Waals surface area contributed by atoms with Gasteiger partial charge in [-0.2, -0.15) is 0 Å². The van der Waals surface area contributed by atoms with Gasteiger partial charge in [0, 0.05) is 5.57 Å². The van der Waals surface area contributed by atoms with E-state index in [1.165, 1.54) is 32.1 Å². The Kier molecular flexibility index (Phi) is 3.57. The fraction of sp³-hybridized carbons (Fsp3) is 0.786. The first-order valence-electron chi connectivity index (χ1n) is 6.49. The Balaban J connectivity index is 1.74. The molecule has 2 saturated carbocycles. The molecule has 2 aliphatic carbocycles. The molecule has 2 fully saturated rings. The smallest absolute Gasteiger partial charge is 0.335 e. The topological polar surface area (TPSA) is 35.5 Å². The number of hydrogen-bond donors (Lipinski definition) is 0. The Labute approximate surface area is 103 Å². The van der Waals surface area contributed by atoms with Crippen LogP contribution in [0.4, 0.5) is 0 Å². The SMILES string of the molecule is C=C(C)C(=O)OC(C)OCC12CCC(CC1)C2. The maximum absolute atomic E-state index is 11.3. The number of fused-ring (bicyclic) bond motifs is 2. The second kappa shape index (κ2) is 4.81. The van der Waals surface area contributed by atoms with Crippen molar-refractivity contribution < 1.29 is 14.3 Å². The van der Waals surface area contributed by atoms with Gasteiger partial charge in [-0.25, -0.2) is 4.79 Å². The molecule has 2 bridgehead atoms. The Morgan fingerprint density at radius 1 is 1.47 bits per heavy atom. The molecule has 0 radical (unpaired) electrons. The van der Waals surface area contributed by atoms with Gasteiger partial charge in [0.25, 0.3) is 0 Å². The van der Waals surface area contributed by atoms with Crippen molar-refractivity contribution in [3.63, 3.8) is 0 Å². The summed E-state index contributed by atoms with van der Waals surface area (Å²) in [4.78, 5) is 11.3. The number of esters is 1. The summed E-state index contributed by atoms with van der Waals surface area (Å²) in [5.41, 5.74) is 0.801. The highest BCUT2D eigenvalue weighted by molar-refractivity contribution is 5.86. The molecule has 2 aliphatic rings. The molecular formula is C14H22O3. The molecule has 0 saturated heterocycles. The van der Waals surface area contributed by atoms with Gasteiger partial charge in [-0.3, -0.25) is 0 Å². The zero-order valence-corrected chi connectivity index (χ0v) is 10.8. The van der Waals surface area contributed by atoms with E-state index in [0.717, 1.165) is 12.5 Å². The predicted octanol–water partition coefficient (Wildman–Crippen LogP) is 3.05. The minimum absolute atomic E-state index is 0.370. The molecule has 0 aromatic heterocycles. The normalized spacial score (nSPS) is 32.5. The predicted molar refractivity (Wildman–Crippen MR) is 65.3 cm³/mol. The summed E-state index contributed by atoms with van der Waals surface area (Å²) < 4.78 is 10.8. The highest BCUT2D eigenvalue weighted by Crippen LogP contribution is 2.54. The van der Waals surface area contributed by atoms with E-state index in [2.05, 4.69) is 6.58 Å². The molecular weight excluding hydrogens is 216 g/mol. The first kappa shape index (κ1) is 12.6. The summed E-state index contributed by atoms with van der Waals surface area (Å²) in [6.07, 6.45) is 6.09. The van der Waals surface area contributed by atoms with Crippen molar-refractivity contribution in [2.45, 2.75) is 52.2 Å². The molecule has 1 unspecified atom stereocenters. The molecule has 0 heterocycles. The minimum atomic E-state index is -0.465. The molecule has 0 aromatic rings. The van der Waals surface area contributed by atoms with Gasteiger partial charge in [-0.05, 0) is 57.3 Å². The Morgan fingerprint density at radius 3 is 2.59 bits per heavy atom. The van der Waals surface area contributed by atoms with Gasteiger partial charge in [-0.15, -0.1) is 0 Å². The van der Waals surface area contributed by atoms with Gasteiger partial charge in [0.2, 0.25) is 0 Å². The third-order valence-electron chi connectivity index (χ3n) is 4.13. The third-order valence-corrected chi connectivity index (χ3v) is 4.13. The number of carbonyl (C=O) groups excluding carboxylic acids is 1. The van der Waals surface area contributed by atoms with Gasteiger partial charge >= 0.3 is 5.97 Å². The quantitative estimate of drug-likeness (QED) is 0.419. The van der Waals surface area contributed by atoms with E-state index < -0.39 is 6.29 Å². The van der Waals surface area contributed by atoms with Gasteiger partial charge in [0.1, 0.15) is 0 Å². The van der Waals surface area contributed by atoms with Crippen LogP contribution in [0, 0.1) is 11.3 Å². The van der Waals surface area contributed by atoms with Crippen LogP contribution in [0.3, 0.4) is 0 Å². The number of rotatable bonds is 5. The largest absolute Gasteiger partial charge is 0.433 e. The molecule has 1 atom stereocenters. The van der Waals surface area contributed by atoms with Crippen LogP contribution in [0.1, 0.15) is 46.0 Å². The van der Waals surface area contributed by atoms with Crippen molar-refractivity contribution in [2.75, 3.05) is 6.61 Å².